The number of hydrogen-bond acceptors (Lipinski definition) is 3. The molecule has 0 radical (unpaired) electrons. The van der Waals surface area contributed by atoms with Gasteiger partial charge in [-0.05, 0) is 12.8 Å². The third kappa shape index (κ3) is 1.18. The first kappa shape index (κ1) is 6.95. The highest BCUT2D eigenvalue weighted by Gasteiger charge is 2.40. The minimum Gasteiger partial charge on any atom is -0.376 e. The van der Waals surface area contributed by atoms with Crippen LogP contribution < -0.4 is 5.73 Å². The fourth-order valence-corrected chi connectivity index (χ4v) is 3.81. The highest BCUT2D eigenvalue weighted by molar-refractivity contribution is 8.00. The van der Waals surface area contributed by atoms with Crippen molar-refractivity contribution in [3.05, 3.63) is 0 Å². The van der Waals surface area contributed by atoms with E-state index < -0.39 is 5.72 Å². The zero-order chi connectivity index (χ0) is 7.19. The quantitative estimate of drug-likeness (QED) is 0.511. The van der Waals surface area contributed by atoms with Gasteiger partial charge >= 0.3 is 0 Å². The van der Waals surface area contributed by atoms with E-state index in [9.17, 15) is 5.11 Å². The fraction of sp³-hybridized carbons (Fsp3) is 1.00. The number of nitrogens with two attached hydrogens (primary N) is 1. The van der Waals surface area contributed by atoms with Crippen LogP contribution in [0.1, 0.15) is 25.7 Å². The Morgan fingerprint density at radius 3 is 2.30 bits per heavy atom. The average molecular weight is 159 g/mol. The van der Waals surface area contributed by atoms with Crippen molar-refractivity contribution < 1.29 is 5.11 Å². The van der Waals surface area contributed by atoms with E-state index in [-0.39, 0.29) is 0 Å². The number of thioether (sulfide) groups is 1. The topological polar surface area (TPSA) is 46.2 Å². The lowest BCUT2D eigenvalue weighted by molar-refractivity contribution is 0.0305. The van der Waals surface area contributed by atoms with E-state index in [0.717, 1.165) is 12.8 Å². The van der Waals surface area contributed by atoms with E-state index in [0.29, 0.717) is 10.5 Å². The molecule has 2 nitrogen and oxygen atoms in total. The summed E-state index contributed by atoms with van der Waals surface area (Å²) < 4.78 is 0. The van der Waals surface area contributed by atoms with E-state index >= 15 is 0 Å². The Bertz CT molecular complexity index is 135. The number of aliphatic hydroxyl groups is 1. The lowest BCUT2D eigenvalue weighted by Crippen LogP contribution is -2.45. The molecule has 2 fully saturated rings. The van der Waals surface area contributed by atoms with E-state index in [1.807, 2.05) is 11.8 Å². The van der Waals surface area contributed by atoms with Crippen LogP contribution in [0.3, 0.4) is 0 Å². The molecule has 2 heterocycles. The summed E-state index contributed by atoms with van der Waals surface area (Å²) in [4.78, 5) is 0. The van der Waals surface area contributed by atoms with Gasteiger partial charge in [0.1, 0.15) is 5.72 Å². The summed E-state index contributed by atoms with van der Waals surface area (Å²) in [6.07, 6.45) is 4.12. The van der Waals surface area contributed by atoms with E-state index in [1.54, 1.807) is 0 Å². The molecule has 0 aromatic carbocycles. The van der Waals surface area contributed by atoms with Crippen molar-refractivity contribution in [3.8, 4) is 0 Å². The SMILES string of the molecule is NC1(O)CC2CC[C@H](C1)S2. The van der Waals surface area contributed by atoms with Gasteiger partial charge in [-0.2, -0.15) is 11.8 Å². The van der Waals surface area contributed by atoms with Crippen LogP contribution in [0.25, 0.3) is 0 Å². The molecule has 2 bridgehead atoms. The minimum absolute atomic E-state index is 0.647. The van der Waals surface area contributed by atoms with Crippen molar-refractivity contribution in [1.82, 2.24) is 0 Å². The lowest BCUT2D eigenvalue weighted by Gasteiger charge is -2.32. The van der Waals surface area contributed by atoms with Crippen molar-refractivity contribution in [2.45, 2.75) is 41.9 Å². The Labute approximate surface area is 65.2 Å². The second kappa shape index (κ2) is 2.13. The van der Waals surface area contributed by atoms with Crippen molar-refractivity contribution in [2.24, 2.45) is 5.73 Å². The largest absolute Gasteiger partial charge is 0.376 e. The highest BCUT2D eigenvalue weighted by Crippen LogP contribution is 2.45. The van der Waals surface area contributed by atoms with E-state index in [4.69, 9.17) is 5.73 Å². The van der Waals surface area contributed by atoms with Gasteiger partial charge in [-0.3, -0.25) is 0 Å². The smallest absolute Gasteiger partial charge is 0.115 e. The van der Waals surface area contributed by atoms with Crippen LogP contribution in [0.2, 0.25) is 0 Å². The molecule has 0 amide bonds. The predicted octanol–water partition coefficient (Wildman–Crippen LogP) is 0.692. The maximum atomic E-state index is 9.52. The summed E-state index contributed by atoms with van der Waals surface area (Å²) >= 11 is 2.01. The monoisotopic (exact) mass is 159 g/mol. The first-order valence-corrected chi connectivity index (χ1v) is 4.77. The van der Waals surface area contributed by atoms with Crippen LogP contribution in [-0.4, -0.2) is 21.3 Å². The Kier molecular flexibility index (Phi) is 1.48. The summed E-state index contributed by atoms with van der Waals surface area (Å²) in [5.41, 5.74) is 4.80. The first-order valence-electron chi connectivity index (χ1n) is 3.82. The van der Waals surface area contributed by atoms with Gasteiger partial charge in [0.15, 0.2) is 0 Å². The Morgan fingerprint density at radius 2 is 1.80 bits per heavy atom. The molecule has 2 unspecified atom stereocenters. The summed E-state index contributed by atoms with van der Waals surface area (Å²) in [6.45, 7) is 0. The van der Waals surface area contributed by atoms with E-state index in [1.165, 1.54) is 12.8 Å². The molecular weight excluding hydrogens is 146 g/mol. The standard InChI is InChI=1S/C7H13NOS/c8-7(9)3-5-1-2-6(4-7)10-5/h5-6,9H,1-4,8H2/t5-,6?,7?/m1/s1. The average Bonchev–Trinajstić information content (AvgIpc) is 2.08. The number of fused-ring (bicyclic) bond motifs is 2. The van der Waals surface area contributed by atoms with Gasteiger partial charge in [0, 0.05) is 23.3 Å². The molecule has 0 spiro atoms. The van der Waals surface area contributed by atoms with Gasteiger partial charge in [-0.25, -0.2) is 0 Å². The van der Waals surface area contributed by atoms with Crippen molar-refractivity contribution in [3.63, 3.8) is 0 Å². The summed E-state index contributed by atoms with van der Waals surface area (Å²) in [7, 11) is 0. The third-order valence-electron chi connectivity index (χ3n) is 2.36. The normalized spacial score (nSPS) is 53.4. The zero-order valence-electron chi connectivity index (χ0n) is 5.92. The molecule has 2 aliphatic rings. The van der Waals surface area contributed by atoms with Gasteiger partial charge in [-0.1, -0.05) is 0 Å². The molecule has 0 saturated carbocycles. The Balaban J connectivity index is 2.09. The van der Waals surface area contributed by atoms with Crippen LogP contribution in [-0.2, 0) is 0 Å². The molecule has 0 aliphatic carbocycles. The maximum Gasteiger partial charge on any atom is 0.115 e. The lowest BCUT2D eigenvalue weighted by atomic mass is 10.1. The highest BCUT2D eigenvalue weighted by atomic mass is 32.2. The molecule has 2 aliphatic heterocycles. The van der Waals surface area contributed by atoms with Crippen molar-refractivity contribution in [1.29, 1.82) is 0 Å². The zero-order valence-corrected chi connectivity index (χ0v) is 6.73. The van der Waals surface area contributed by atoms with Crippen LogP contribution in [0.4, 0.5) is 0 Å². The van der Waals surface area contributed by atoms with Gasteiger partial charge < -0.3 is 10.8 Å². The minimum atomic E-state index is -0.836. The molecule has 0 aromatic rings. The predicted molar refractivity (Wildman–Crippen MR) is 42.8 cm³/mol. The molecular formula is C7H13NOS. The molecule has 3 heteroatoms. The number of hydrogen-bond donors (Lipinski definition) is 2. The third-order valence-corrected chi connectivity index (χ3v) is 3.93. The van der Waals surface area contributed by atoms with Crippen molar-refractivity contribution >= 4 is 11.8 Å². The molecule has 2 rings (SSSR count). The second-order valence-corrected chi connectivity index (χ2v) is 5.07. The summed E-state index contributed by atoms with van der Waals surface area (Å²) in [5.74, 6) is 0. The van der Waals surface area contributed by atoms with Gasteiger partial charge in [0.2, 0.25) is 0 Å². The molecule has 2 saturated heterocycles. The second-order valence-electron chi connectivity index (χ2n) is 3.47. The van der Waals surface area contributed by atoms with Gasteiger partial charge in [-0.15, -0.1) is 0 Å². The van der Waals surface area contributed by atoms with E-state index in [2.05, 4.69) is 0 Å². The van der Waals surface area contributed by atoms with Gasteiger partial charge in [0.25, 0.3) is 0 Å². The molecule has 3 atom stereocenters. The van der Waals surface area contributed by atoms with Crippen molar-refractivity contribution in [2.75, 3.05) is 0 Å². The van der Waals surface area contributed by atoms with Crippen LogP contribution in [0, 0.1) is 0 Å². The number of rotatable bonds is 0. The molecule has 3 N–H and O–H groups in total. The fourth-order valence-electron chi connectivity index (χ4n) is 1.95. The van der Waals surface area contributed by atoms with Gasteiger partial charge in [0.05, 0.1) is 0 Å². The van der Waals surface area contributed by atoms with Crippen LogP contribution in [0.15, 0.2) is 0 Å². The van der Waals surface area contributed by atoms with Crippen LogP contribution in [0.5, 0.6) is 0 Å². The molecule has 0 aromatic heterocycles. The van der Waals surface area contributed by atoms with Crippen LogP contribution >= 0.6 is 11.8 Å². The Hall–Kier alpha value is 0.270. The summed E-state index contributed by atoms with van der Waals surface area (Å²) in [5, 5.41) is 10.8. The first-order chi connectivity index (χ1) is 4.66. The maximum absolute atomic E-state index is 9.52. The summed E-state index contributed by atoms with van der Waals surface area (Å²) in [6, 6.07) is 0. The molecule has 10 heavy (non-hydrogen) atoms. The molecule has 58 valence electrons. The Morgan fingerprint density at radius 1 is 1.30 bits per heavy atom.